The molecule has 9 nitrogen and oxygen atoms in total. The highest BCUT2D eigenvalue weighted by molar-refractivity contribution is 6.96. The molecule has 0 spiro atoms. The minimum absolute atomic E-state index is 0.0474. The van der Waals surface area contributed by atoms with Crippen LogP contribution >= 0.6 is 0 Å². The summed E-state index contributed by atoms with van der Waals surface area (Å²) in [5.41, 5.74) is 1.47. The van der Waals surface area contributed by atoms with Crippen molar-refractivity contribution < 1.29 is 38.1 Å². The summed E-state index contributed by atoms with van der Waals surface area (Å²) in [6.07, 6.45) is 8.16. The first-order valence-electron chi connectivity index (χ1n) is 16.6. The van der Waals surface area contributed by atoms with Crippen LogP contribution in [-0.4, -0.2) is 114 Å². The number of aliphatic hydroxyl groups excluding tert-OH is 2. The Bertz CT molecular complexity index is 771. The molecule has 44 heavy (non-hydrogen) atoms. The van der Waals surface area contributed by atoms with Crippen LogP contribution in [0.15, 0.2) is 12.2 Å². The third kappa shape index (κ3) is 27.0. The Morgan fingerprint density at radius 3 is 2.14 bits per heavy atom. The third-order valence-electron chi connectivity index (χ3n) is 6.94. The molecule has 2 atom stereocenters. The van der Waals surface area contributed by atoms with Gasteiger partial charge in [-0.2, -0.15) is 0 Å². The predicted octanol–water partition coefficient (Wildman–Crippen LogP) is 5.66. The molecule has 0 aromatic heterocycles. The van der Waals surface area contributed by atoms with Crippen LogP contribution in [0.25, 0.3) is 0 Å². The molecule has 0 fully saturated rings. The summed E-state index contributed by atoms with van der Waals surface area (Å²) in [6.45, 7) is 26.0. The van der Waals surface area contributed by atoms with E-state index in [2.05, 4.69) is 64.3 Å². The highest BCUT2D eigenvalue weighted by Crippen LogP contribution is 2.27. The molecule has 0 aliphatic heterocycles. The molecule has 0 saturated heterocycles. The fraction of sp³-hybridized carbons (Fsp3) is 0.903. The standard InChI is InChI=1S/C31H68NO8Si4/c1-28(2)31(35)39-25-37-23-30(34)22-36-19-15-12-16-20-43(7,8)40-44(9,10)27-42(5,6)26-38-21-29(33)17-13-11-14-18-32-24-41(3)4/h29-30,32-34H,1,11-27H2,2-10H3. The lowest BCUT2D eigenvalue weighted by Crippen LogP contribution is -2.50. The maximum atomic E-state index is 11.3. The van der Waals surface area contributed by atoms with Gasteiger partial charge in [-0.05, 0) is 76.8 Å². The van der Waals surface area contributed by atoms with Crippen LogP contribution in [0.2, 0.25) is 64.1 Å². The molecule has 0 bridgehead atoms. The van der Waals surface area contributed by atoms with Crippen molar-refractivity contribution in [1.82, 2.24) is 5.32 Å². The first kappa shape index (κ1) is 43.8. The molecule has 3 N–H and O–H groups in total. The van der Waals surface area contributed by atoms with Gasteiger partial charge in [-0.3, -0.25) is 0 Å². The first-order chi connectivity index (χ1) is 20.4. The van der Waals surface area contributed by atoms with E-state index in [9.17, 15) is 15.0 Å². The molecule has 0 saturated carbocycles. The van der Waals surface area contributed by atoms with Gasteiger partial charge in [0.15, 0.2) is 23.4 Å². The average molecular weight is 695 g/mol. The molecular weight excluding hydrogens is 627 g/mol. The van der Waals surface area contributed by atoms with Crippen molar-refractivity contribution in [3.63, 3.8) is 0 Å². The Morgan fingerprint density at radius 2 is 1.48 bits per heavy atom. The zero-order valence-corrected chi connectivity index (χ0v) is 33.7. The number of esters is 1. The van der Waals surface area contributed by atoms with Gasteiger partial charge in [-0.15, -0.1) is 0 Å². The number of carbonyl (C=O) groups is 1. The number of ether oxygens (including phenoxy) is 4. The van der Waals surface area contributed by atoms with E-state index < -0.39 is 36.8 Å². The Morgan fingerprint density at radius 1 is 0.841 bits per heavy atom. The molecule has 1 radical (unpaired) electrons. The second kappa shape index (κ2) is 24.0. The summed E-state index contributed by atoms with van der Waals surface area (Å²) in [5.74, 6) is -0.510. The Kier molecular flexibility index (Phi) is 23.9. The number of hydrogen-bond acceptors (Lipinski definition) is 9. The van der Waals surface area contributed by atoms with E-state index in [0.29, 0.717) is 18.8 Å². The lowest BCUT2D eigenvalue weighted by molar-refractivity contribution is -0.154. The quantitative estimate of drug-likeness (QED) is 0.0300. The van der Waals surface area contributed by atoms with Crippen LogP contribution in [0.4, 0.5) is 0 Å². The molecule has 13 heteroatoms. The lowest BCUT2D eigenvalue weighted by Gasteiger charge is -2.38. The third-order valence-corrected chi connectivity index (χ3v) is 22.1. The summed E-state index contributed by atoms with van der Waals surface area (Å²) in [5, 5.41) is 23.8. The van der Waals surface area contributed by atoms with Gasteiger partial charge in [-0.1, -0.05) is 58.5 Å². The van der Waals surface area contributed by atoms with Crippen LogP contribution in [0.1, 0.15) is 51.9 Å². The molecule has 0 rings (SSSR count). The summed E-state index contributed by atoms with van der Waals surface area (Å²) in [7, 11) is -5.41. The van der Waals surface area contributed by atoms with E-state index >= 15 is 0 Å². The zero-order chi connectivity index (χ0) is 33.7. The molecule has 0 amide bonds. The molecule has 0 aliphatic carbocycles. The summed E-state index contributed by atoms with van der Waals surface area (Å²) in [6, 6.07) is 1.13. The maximum absolute atomic E-state index is 11.3. The fourth-order valence-electron chi connectivity index (χ4n) is 5.34. The van der Waals surface area contributed by atoms with E-state index in [1.165, 1.54) is 12.6 Å². The molecule has 0 aromatic carbocycles. The van der Waals surface area contributed by atoms with Crippen molar-refractivity contribution >= 4 is 39.5 Å². The zero-order valence-electron chi connectivity index (χ0n) is 29.7. The van der Waals surface area contributed by atoms with E-state index in [1.54, 1.807) is 6.92 Å². The summed E-state index contributed by atoms with van der Waals surface area (Å²) >= 11 is 0. The number of rotatable bonds is 29. The van der Waals surface area contributed by atoms with Crippen molar-refractivity contribution in [1.29, 1.82) is 0 Å². The van der Waals surface area contributed by atoms with Gasteiger partial charge in [0.2, 0.25) is 0 Å². The van der Waals surface area contributed by atoms with Crippen LogP contribution in [0.5, 0.6) is 0 Å². The normalized spacial score (nSPS) is 14.2. The largest absolute Gasteiger partial charge is 0.456 e. The molecule has 0 aliphatic rings. The summed E-state index contributed by atoms with van der Waals surface area (Å²) < 4.78 is 28.5. The number of hydrogen-bond donors (Lipinski definition) is 3. The van der Waals surface area contributed by atoms with Crippen molar-refractivity contribution in [3.8, 4) is 0 Å². The Balaban J connectivity index is 4.06. The number of nitrogens with one attached hydrogen (secondary N) is 1. The predicted molar refractivity (Wildman–Crippen MR) is 191 cm³/mol. The number of carbonyl (C=O) groups excluding carboxylic acids is 1. The van der Waals surface area contributed by atoms with Gasteiger partial charge >= 0.3 is 5.97 Å². The van der Waals surface area contributed by atoms with Gasteiger partial charge in [0.25, 0.3) is 0 Å². The second-order valence-corrected chi connectivity index (χ2v) is 31.8. The van der Waals surface area contributed by atoms with Crippen molar-refractivity contribution in [2.24, 2.45) is 0 Å². The van der Waals surface area contributed by atoms with Crippen LogP contribution in [0, 0.1) is 0 Å². The molecule has 2 unspecified atom stereocenters. The molecular formula is C31H68NO8Si4. The van der Waals surface area contributed by atoms with Gasteiger partial charge in [0, 0.05) is 18.4 Å². The lowest BCUT2D eigenvalue weighted by atomic mass is 10.1. The highest BCUT2D eigenvalue weighted by Gasteiger charge is 2.38. The van der Waals surface area contributed by atoms with Gasteiger partial charge in [0.1, 0.15) is 6.10 Å². The smallest absolute Gasteiger partial charge is 0.335 e. The van der Waals surface area contributed by atoms with Crippen LogP contribution in [-0.2, 0) is 27.9 Å². The van der Waals surface area contributed by atoms with E-state index in [-0.39, 0.29) is 34.9 Å². The van der Waals surface area contributed by atoms with Gasteiger partial charge < -0.3 is 38.6 Å². The molecule has 261 valence electrons. The Labute approximate surface area is 274 Å². The van der Waals surface area contributed by atoms with E-state index in [4.69, 9.17) is 23.1 Å². The number of unbranched alkanes of at least 4 members (excludes halogenated alkanes) is 4. The van der Waals surface area contributed by atoms with Gasteiger partial charge in [-0.25, -0.2) is 4.79 Å². The van der Waals surface area contributed by atoms with E-state index in [0.717, 1.165) is 63.0 Å². The monoisotopic (exact) mass is 694 g/mol. The van der Waals surface area contributed by atoms with Crippen molar-refractivity contribution in [2.45, 2.75) is 128 Å². The van der Waals surface area contributed by atoms with Crippen molar-refractivity contribution in [2.75, 3.05) is 52.2 Å². The fourth-order valence-corrected chi connectivity index (χ4v) is 24.7. The van der Waals surface area contributed by atoms with Gasteiger partial charge in [0.05, 0.1) is 42.8 Å². The maximum Gasteiger partial charge on any atom is 0.335 e. The SMILES string of the molecule is C=C(C)C(=O)OCOCC(O)COCCCCC[Si](C)(C)O[Si](C)(C)C[Si](C)(C)COCC(O)CCCCCNC[Si](C)C. The van der Waals surface area contributed by atoms with Crippen molar-refractivity contribution in [3.05, 3.63) is 12.2 Å². The first-order valence-corrected chi connectivity index (χ1v) is 28.9. The Hall–Kier alpha value is -0.202. The minimum Gasteiger partial charge on any atom is -0.456 e. The molecule has 0 aromatic rings. The summed E-state index contributed by atoms with van der Waals surface area (Å²) in [4.78, 5) is 11.3. The second-order valence-electron chi connectivity index (χ2n) is 14.6. The highest BCUT2D eigenvalue weighted by atomic mass is 28.4. The topological polar surface area (TPSA) is 116 Å². The average Bonchev–Trinajstić information content (AvgIpc) is 2.88. The van der Waals surface area contributed by atoms with E-state index in [1.807, 2.05) is 0 Å². The van der Waals surface area contributed by atoms with Crippen LogP contribution in [0.3, 0.4) is 0 Å². The minimum atomic E-state index is -1.83. The molecule has 0 heterocycles. The van der Waals surface area contributed by atoms with Crippen LogP contribution < -0.4 is 5.32 Å². The number of aliphatic hydroxyl groups is 2.